The molecule has 0 saturated heterocycles. The lowest BCUT2D eigenvalue weighted by Gasteiger charge is -2.24. The van der Waals surface area contributed by atoms with Crippen molar-refractivity contribution in [3.05, 3.63) is 60.1 Å². The van der Waals surface area contributed by atoms with Gasteiger partial charge in [0.15, 0.2) is 0 Å². The van der Waals surface area contributed by atoms with Crippen LogP contribution in [-0.2, 0) is 21.4 Å². The standard InChI is InChI=1S/C22H30N2O4S/c1-4-18(5-2)17-24(6-3)22(25)14-11-19-9-12-21(13-10-19)29(26,27)23-16-20-8-7-15-28-20/h7-15,18,23H,4-6,16-17H2,1-3H3/b14-11+. The van der Waals surface area contributed by atoms with Gasteiger partial charge in [0.2, 0.25) is 15.9 Å². The first-order chi connectivity index (χ1) is 13.9. The summed E-state index contributed by atoms with van der Waals surface area (Å²) in [5.41, 5.74) is 0.766. The maximum Gasteiger partial charge on any atom is 0.246 e. The number of sulfonamides is 1. The molecule has 0 aliphatic heterocycles. The number of likely N-dealkylation sites (N-methyl/N-ethyl adjacent to an activating group) is 1. The average molecular weight is 419 g/mol. The minimum absolute atomic E-state index is 0.0313. The second-order valence-electron chi connectivity index (χ2n) is 6.87. The van der Waals surface area contributed by atoms with Crippen molar-refractivity contribution in [3.63, 3.8) is 0 Å². The first-order valence-corrected chi connectivity index (χ1v) is 11.5. The minimum Gasteiger partial charge on any atom is -0.468 e. The first kappa shape index (κ1) is 22.9. The molecule has 0 unspecified atom stereocenters. The van der Waals surface area contributed by atoms with Crippen molar-refractivity contribution in [1.29, 1.82) is 0 Å². The number of nitrogens with one attached hydrogen (secondary N) is 1. The summed E-state index contributed by atoms with van der Waals surface area (Å²) in [6.45, 7) is 7.77. The molecule has 0 radical (unpaired) electrons. The van der Waals surface area contributed by atoms with Crippen LogP contribution < -0.4 is 4.72 Å². The highest BCUT2D eigenvalue weighted by Gasteiger charge is 2.15. The zero-order chi connectivity index (χ0) is 21.3. The smallest absolute Gasteiger partial charge is 0.246 e. The molecule has 0 saturated carbocycles. The fraction of sp³-hybridized carbons (Fsp3) is 0.409. The lowest BCUT2D eigenvalue weighted by Crippen LogP contribution is -2.33. The monoisotopic (exact) mass is 418 g/mol. The number of carbonyl (C=O) groups excluding carboxylic acids is 1. The van der Waals surface area contributed by atoms with Crippen LogP contribution in [-0.4, -0.2) is 32.3 Å². The van der Waals surface area contributed by atoms with E-state index in [0.29, 0.717) is 18.2 Å². The second-order valence-corrected chi connectivity index (χ2v) is 8.63. The third-order valence-electron chi connectivity index (χ3n) is 4.95. The zero-order valence-corrected chi connectivity index (χ0v) is 18.1. The van der Waals surface area contributed by atoms with Crippen molar-refractivity contribution in [2.45, 2.75) is 45.1 Å². The van der Waals surface area contributed by atoms with E-state index in [9.17, 15) is 13.2 Å². The van der Waals surface area contributed by atoms with Gasteiger partial charge in [-0.1, -0.05) is 38.8 Å². The number of carbonyl (C=O) groups is 1. The van der Waals surface area contributed by atoms with E-state index < -0.39 is 10.0 Å². The molecule has 0 fully saturated rings. The molecule has 29 heavy (non-hydrogen) atoms. The highest BCUT2D eigenvalue weighted by molar-refractivity contribution is 7.89. The Morgan fingerprint density at radius 3 is 2.38 bits per heavy atom. The lowest BCUT2D eigenvalue weighted by atomic mass is 10.0. The average Bonchev–Trinajstić information content (AvgIpc) is 3.26. The summed E-state index contributed by atoms with van der Waals surface area (Å²) >= 11 is 0. The van der Waals surface area contributed by atoms with Gasteiger partial charge in [-0.05, 0) is 48.7 Å². The molecular formula is C22H30N2O4S. The second kappa shape index (κ2) is 11.0. The molecule has 0 bridgehead atoms. The molecule has 6 nitrogen and oxygen atoms in total. The highest BCUT2D eigenvalue weighted by Crippen LogP contribution is 2.14. The molecule has 7 heteroatoms. The van der Waals surface area contributed by atoms with Crippen LogP contribution in [0.15, 0.2) is 58.1 Å². The molecule has 0 aliphatic rings. The van der Waals surface area contributed by atoms with Crippen molar-refractivity contribution in [2.24, 2.45) is 5.92 Å². The Balaban J connectivity index is 1.99. The lowest BCUT2D eigenvalue weighted by molar-refractivity contribution is -0.126. The molecule has 0 atom stereocenters. The summed E-state index contributed by atoms with van der Waals surface area (Å²) in [5, 5.41) is 0. The number of benzene rings is 1. The highest BCUT2D eigenvalue weighted by atomic mass is 32.2. The molecule has 1 aromatic heterocycles. The SMILES string of the molecule is CCC(CC)CN(CC)C(=O)/C=C/c1ccc(S(=O)(=O)NCc2ccco2)cc1. The maximum absolute atomic E-state index is 12.5. The van der Waals surface area contributed by atoms with Crippen LogP contribution in [0.4, 0.5) is 0 Å². The van der Waals surface area contributed by atoms with Crippen LogP contribution in [0.3, 0.4) is 0 Å². The molecule has 1 heterocycles. The van der Waals surface area contributed by atoms with Gasteiger partial charge in [-0.3, -0.25) is 4.79 Å². The Hall–Kier alpha value is -2.38. The number of amides is 1. The van der Waals surface area contributed by atoms with Crippen molar-refractivity contribution in [2.75, 3.05) is 13.1 Å². The third-order valence-corrected chi connectivity index (χ3v) is 6.37. The summed E-state index contributed by atoms with van der Waals surface area (Å²) in [7, 11) is -3.63. The van der Waals surface area contributed by atoms with Crippen LogP contribution in [0.5, 0.6) is 0 Å². The van der Waals surface area contributed by atoms with E-state index in [0.717, 1.165) is 24.9 Å². The summed E-state index contributed by atoms with van der Waals surface area (Å²) in [6, 6.07) is 9.82. The number of hydrogen-bond acceptors (Lipinski definition) is 4. The van der Waals surface area contributed by atoms with E-state index in [1.54, 1.807) is 36.4 Å². The van der Waals surface area contributed by atoms with E-state index in [-0.39, 0.29) is 17.3 Å². The van der Waals surface area contributed by atoms with Crippen LogP contribution >= 0.6 is 0 Å². The van der Waals surface area contributed by atoms with Crippen LogP contribution in [0.25, 0.3) is 6.08 Å². The van der Waals surface area contributed by atoms with Crippen LogP contribution in [0.2, 0.25) is 0 Å². The fourth-order valence-corrected chi connectivity index (χ4v) is 3.92. The summed E-state index contributed by atoms with van der Waals surface area (Å²) in [6.07, 6.45) is 6.85. The minimum atomic E-state index is -3.63. The van der Waals surface area contributed by atoms with Gasteiger partial charge in [-0.15, -0.1) is 0 Å². The van der Waals surface area contributed by atoms with Crippen molar-refractivity contribution in [1.82, 2.24) is 9.62 Å². The van der Waals surface area contributed by atoms with Gasteiger partial charge in [0.1, 0.15) is 5.76 Å². The van der Waals surface area contributed by atoms with Gasteiger partial charge in [-0.25, -0.2) is 13.1 Å². The molecule has 0 aliphatic carbocycles. The van der Waals surface area contributed by atoms with Gasteiger partial charge in [0.05, 0.1) is 17.7 Å². The van der Waals surface area contributed by atoms with Gasteiger partial charge in [0.25, 0.3) is 0 Å². The van der Waals surface area contributed by atoms with Gasteiger partial charge in [0, 0.05) is 19.2 Å². The quantitative estimate of drug-likeness (QED) is 0.558. The van der Waals surface area contributed by atoms with Crippen molar-refractivity contribution < 1.29 is 17.6 Å². The number of rotatable bonds is 11. The van der Waals surface area contributed by atoms with Crippen LogP contribution in [0.1, 0.15) is 44.9 Å². The fourth-order valence-electron chi connectivity index (χ4n) is 2.93. The van der Waals surface area contributed by atoms with Gasteiger partial charge in [-0.2, -0.15) is 0 Å². The van der Waals surface area contributed by atoms with E-state index >= 15 is 0 Å². The predicted molar refractivity (Wildman–Crippen MR) is 115 cm³/mol. The van der Waals surface area contributed by atoms with Gasteiger partial charge >= 0.3 is 0 Å². The van der Waals surface area contributed by atoms with Crippen molar-refractivity contribution >= 4 is 22.0 Å². The molecule has 0 spiro atoms. The number of furan rings is 1. The van der Waals surface area contributed by atoms with E-state index in [2.05, 4.69) is 18.6 Å². The summed E-state index contributed by atoms with van der Waals surface area (Å²) in [4.78, 5) is 14.5. The maximum atomic E-state index is 12.5. The molecule has 1 N–H and O–H groups in total. The molecule has 158 valence electrons. The van der Waals surface area contributed by atoms with E-state index in [4.69, 9.17) is 4.42 Å². The zero-order valence-electron chi connectivity index (χ0n) is 17.3. The normalized spacial score (nSPS) is 12.0. The molecule has 1 aromatic carbocycles. The van der Waals surface area contributed by atoms with Crippen molar-refractivity contribution in [3.8, 4) is 0 Å². The Kier molecular flexibility index (Phi) is 8.67. The van der Waals surface area contributed by atoms with Gasteiger partial charge < -0.3 is 9.32 Å². The van der Waals surface area contributed by atoms with E-state index in [1.165, 1.54) is 18.4 Å². The molecule has 2 rings (SSSR count). The largest absolute Gasteiger partial charge is 0.468 e. The summed E-state index contributed by atoms with van der Waals surface area (Å²) < 4.78 is 32.4. The van der Waals surface area contributed by atoms with E-state index in [1.807, 2.05) is 11.8 Å². The molecule has 2 aromatic rings. The Morgan fingerprint density at radius 2 is 1.83 bits per heavy atom. The number of hydrogen-bond donors (Lipinski definition) is 1. The number of nitrogens with zero attached hydrogens (tertiary/aromatic N) is 1. The molecular weight excluding hydrogens is 388 g/mol. The Labute approximate surface area is 173 Å². The Bertz CT molecular complexity index is 883. The first-order valence-electron chi connectivity index (χ1n) is 9.98. The topological polar surface area (TPSA) is 79.6 Å². The Morgan fingerprint density at radius 1 is 1.14 bits per heavy atom. The molecule has 1 amide bonds. The predicted octanol–water partition coefficient (Wildman–Crippen LogP) is 4.06. The summed E-state index contributed by atoms with van der Waals surface area (Å²) in [5.74, 6) is 1.02. The third kappa shape index (κ3) is 6.87. The van der Waals surface area contributed by atoms with Crippen LogP contribution in [0, 0.1) is 5.92 Å².